The van der Waals surface area contributed by atoms with E-state index in [1.54, 1.807) is 10.6 Å². The summed E-state index contributed by atoms with van der Waals surface area (Å²) in [6, 6.07) is 0. The highest BCUT2D eigenvalue weighted by Gasteiger charge is 2.07. The largest absolute Gasteiger partial charge is 0.383 e. The van der Waals surface area contributed by atoms with Crippen LogP contribution in [0.4, 0.5) is 5.82 Å². The number of nitrogens with zero attached hydrogens (tertiary/aromatic N) is 4. The molecule has 6 nitrogen and oxygen atoms in total. The molecule has 0 aliphatic heterocycles. The third-order valence-corrected chi connectivity index (χ3v) is 1.55. The van der Waals surface area contributed by atoms with Gasteiger partial charge in [-0.3, -0.25) is 0 Å². The Morgan fingerprint density at radius 3 is 2.91 bits per heavy atom. The van der Waals surface area contributed by atoms with Crippen LogP contribution in [0.3, 0.4) is 0 Å². The predicted molar refractivity (Wildman–Crippen MR) is 40.3 cm³/mol. The van der Waals surface area contributed by atoms with Crippen LogP contribution in [0.15, 0.2) is 6.20 Å². The van der Waals surface area contributed by atoms with Gasteiger partial charge in [0.05, 0.1) is 6.20 Å². The first kappa shape index (κ1) is 6.02. The van der Waals surface area contributed by atoms with Gasteiger partial charge in [-0.05, 0) is 6.92 Å². The number of nitrogens with two attached hydrogens (primary N) is 2. The minimum absolute atomic E-state index is 0.550. The first-order valence-corrected chi connectivity index (χ1v) is 3.14. The normalized spacial score (nSPS) is 11.0. The minimum Gasteiger partial charge on any atom is -0.383 e. The molecule has 2 aromatic heterocycles. The van der Waals surface area contributed by atoms with Crippen LogP contribution < -0.4 is 11.6 Å². The molecule has 0 bridgehead atoms. The number of nitrogen functional groups attached to an aromatic ring is 2. The summed E-state index contributed by atoms with van der Waals surface area (Å²) in [5.41, 5.74) is 5.58. The van der Waals surface area contributed by atoms with Gasteiger partial charge >= 0.3 is 0 Å². The molecule has 0 aliphatic rings. The fraction of sp³-hybridized carbons (Fsp3) is 0.200. The van der Waals surface area contributed by atoms with E-state index in [9.17, 15) is 0 Å². The molecule has 2 aromatic rings. The molecule has 4 N–H and O–H groups in total. The van der Waals surface area contributed by atoms with Crippen molar-refractivity contribution in [2.45, 2.75) is 6.92 Å². The van der Waals surface area contributed by atoms with Crippen LogP contribution in [-0.2, 0) is 0 Å². The van der Waals surface area contributed by atoms with E-state index in [0.717, 1.165) is 5.82 Å². The van der Waals surface area contributed by atoms with Crippen LogP contribution in [0.25, 0.3) is 5.78 Å². The number of anilines is 1. The van der Waals surface area contributed by atoms with E-state index in [1.165, 1.54) is 4.79 Å². The molecule has 58 valence electrons. The van der Waals surface area contributed by atoms with Gasteiger partial charge in [0, 0.05) is 0 Å². The average molecular weight is 152 g/mol. The zero-order valence-corrected chi connectivity index (χ0v) is 6.02. The fourth-order valence-electron chi connectivity index (χ4n) is 1.09. The molecule has 2 rings (SSSR count). The van der Waals surface area contributed by atoms with Crippen LogP contribution in [0.5, 0.6) is 0 Å². The molecule has 0 amide bonds. The van der Waals surface area contributed by atoms with E-state index < -0.39 is 0 Å². The smallest absolute Gasteiger partial charge is 0.253 e. The zero-order chi connectivity index (χ0) is 8.01. The van der Waals surface area contributed by atoms with Crippen LogP contribution >= 0.6 is 0 Å². The SMILES string of the molecule is Cc1nn(N)c2ncc(N)n12. The van der Waals surface area contributed by atoms with Gasteiger partial charge in [-0.15, -0.1) is 9.89 Å². The lowest BCUT2D eigenvalue weighted by Crippen LogP contribution is -2.10. The quantitative estimate of drug-likeness (QED) is 0.480. The van der Waals surface area contributed by atoms with Gasteiger partial charge in [-0.25, -0.2) is 9.38 Å². The molecule has 2 heterocycles. The molecule has 0 spiro atoms. The molecule has 0 fully saturated rings. The number of aromatic nitrogens is 4. The summed E-state index contributed by atoms with van der Waals surface area (Å²) in [6.45, 7) is 1.81. The average Bonchev–Trinajstić information content (AvgIpc) is 2.41. The summed E-state index contributed by atoms with van der Waals surface area (Å²) in [5.74, 6) is 7.30. The molecule has 0 atom stereocenters. The summed E-state index contributed by atoms with van der Waals surface area (Å²) in [4.78, 5) is 5.15. The van der Waals surface area contributed by atoms with Gasteiger partial charge in [0.15, 0.2) is 0 Å². The molecule has 0 saturated carbocycles. The van der Waals surface area contributed by atoms with E-state index in [2.05, 4.69) is 10.1 Å². The Bertz CT molecular complexity index is 396. The summed E-state index contributed by atoms with van der Waals surface area (Å²) >= 11 is 0. The summed E-state index contributed by atoms with van der Waals surface area (Å²) in [5, 5.41) is 3.93. The predicted octanol–water partition coefficient (Wildman–Crippen LogP) is -0.865. The van der Waals surface area contributed by atoms with Crippen molar-refractivity contribution in [2.24, 2.45) is 0 Å². The third kappa shape index (κ3) is 0.603. The lowest BCUT2D eigenvalue weighted by atomic mass is 10.7. The molecule has 0 aromatic carbocycles. The third-order valence-electron chi connectivity index (χ3n) is 1.55. The maximum absolute atomic E-state index is 5.58. The van der Waals surface area contributed by atoms with E-state index in [4.69, 9.17) is 11.6 Å². The van der Waals surface area contributed by atoms with Crippen molar-refractivity contribution >= 4 is 11.6 Å². The Balaban J connectivity index is 2.98. The van der Waals surface area contributed by atoms with Gasteiger partial charge in [0.2, 0.25) is 0 Å². The second kappa shape index (κ2) is 1.66. The maximum Gasteiger partial charge on any atom is 0.253 e. The highest BCUT2D eigenvalue weighted by molar-refractivity contribution is 5.43. The van der Waals surface area contributed by atoms with E-state index in [1.807, 2.05) is 6.92 Å². The lowest BCUT2D eigenvalue weighted by molar-refractivity contribution is 0.832. The first-order valence-electron chi connectivity index (χ1n) is 3.14. The van der Waals surface area contributed by atoms with Gasteiger partial charge in [0.1, 0.15) is 11.6 Å². The molecule has 0 saturated heterocycles. The van der Waals surface area contributed by atoms with Gasteiger partial charge in [-0.1, -0.05) is 0 Å². The summed E-state index contributed by atoms with van der Waals surface area (Å²) < 4.78 is 1.68. The van der Waals surface area contributed by atoms with Crippen LogP contribution in [0.2, 0.25) is 0 Å². The molecular weight excluding hydrogens is 144 g/mol. The number of aryl methyl sites for hydroxylation is 1. The molecule has 0 aliphatic carbocycles. The number of hydrogen-bond donors (Lipinski definition) is 2. The highest BCUT2D eigenvalue weighted by atomic mass is 15.5. The van der Waals surface area contributed by atoms with Gasteiger partial charge < -0.3 is 11.6 Å². The number of rotatable bonds is 0. The van der Waals surface area contributed by atoms with Crippen molar-refractivity contribution in [3.63, 3.8) is 0 Å². The van der Waals surface area contributed by atoms with Crippen molar-refractivity contribution in [1.82, 2.24) is 19.3 Å². The molecular formula is C5H8N6. The number of imidazole rings is 1. The van der Waals surface area contributed by atoms with Crippen LogP contribution in [0.1, 0.15) is 5.82 Å². The standard InChI is InChI=1S/C5H8N6/c1-3-9-11(7)5-8-2-4(6)10(3)5/h2H,6-7H2,1H3. The Morgan fingerprint density at radius 1 is 1.55 bits per heavy atom. The molecule has 0 radical (unpaired) electrons. The van der Waals surface area contributed by atoms with E-state index >= 15 is 0 Å². The number of hydrogen-bond acceptors (Lipinski definition) is 4. The second-order valence-corrected chi connectivity index (χ2v) is 2.31. The van der Waals surface area contributed by atoms with Crippen molar-refractivity contribution < 1.29 is 0 Å². The maximum atomic E-state index is 5.58. The number of fused-ring (bicyclic) bond motifs is 1. The lowest BCUT2D eigenvalue weighted by Gasteiger charge is -1.87. The van der Waals surface area contributed by atoms with Gasteiger partial charge in [0.25, 0.3) is 5.78 Å². The van der Waals surface area contributed by atoms with Crippen LogP contribution in [0, 0.1) is 6.92 Å². The van der Waals surface area contributed by atoms with Crippen molar-refractivity contribution in [3.8, 4) is 0 Å². The van der Waals surface area contributed by atoms with Crippen molar-refractivity contribution in [3.05, 3.63) is 12.0 Å². The monoisotopic (exact) mass is 152 g/mol. The van der Waals surface area contributed by atoms with Gasteiger partial charge in [-0.2, -0.15) is 0 Å². The zero-order valence-electron chi connectivity index (χ0n) is 6.02. The van der Waals surface area contributed by atoms with Crippen molar-refractivity contribution in [2.75, 3.05) is 11.6 Å². The fourth-order valence-corrected chi connectivity index (χ4v) is 1.09. The second-order valence-electron chi connectivity index (χ2n) is 2.31. The topological polar surface area (TPSA) is 87.2 Å². The molecule has 0 unspecified atom stereocenters. The summed E-state index contributed by atoms with van der Waals surface area (Å²) in [6.07, 6.45) is 1.55. The van der Waals surface area contributed by atoms with Crippen molar-refractivity contribution in [1.29, 1.82) is 0 Å². The Hall–Kier alpha value is -1.72. The van der Waals surface area contributed by atoms with Crippen LogP contribution in [-0.4, -0.2) is 19.3 Å². The first-order chi connectivity index (χ1) is 5.20. The highest BCUT2D eigenvalue weighted by Crippen LogP contribution is 2.08. The Morgan fingerprint density at radius 2 is 2.27 bits per heavy atom. The Kier molecular flexibility index (Phi) is 0.906. The molecule has 11 heavy (non-hydrogen) atoms. The minimum atomic E-state index is 0.550. The van der Waals surface area contributed by atoms with E-state index in [-0.39, 0.29) is 0 Å². The summed E-state index contributed by atoms with van der Waals surface area (Å²) in [7, 11) is 0. The van der Waals surface area contributed by atoms with E-state index in [0.29, 0.717) is 11.6 Å². The Labute approximate surface area is 62.4 Å². The molecule has 6 heteroatoms.